The zero-order chi connectivity index (χ0) is 21.8. The smallest absolute Gasteiger partial charge is 0.259 e. The number of aryl methyl sites for hydroxylation is 3. The number of amides is 1. The first kappa shape index (κ1) is 23.2. The Morgan fingerprint density at radius 1 is 1.14 bits per heavy atom. The van der Waals surface area contributed by atoms with Gasteiger partial charge in [0.2, 0.25) is 0 Å². The first-order chi connectivity index (χ1) is 13.7. The van der Waals surface area contributed by atoms with Crippen molar-refractivity contribution >= 4 is 17.2 Å². The zero-order valence-electron chi connectivity index (χ0n) is 18.3. The number of terminal acetylenes is 1. The Kier molecular flexibility index (Phi) is 7.32. The summed E-state index contributed by atoms with van der Waals surface area (Å²) < 4.78 is 0. The van der Waals surface area contributed by atoms with Gasteiger partial charge < -0.3 is 10.8 Å². The van der Waals surface area contributed by atoms with Crippen LogP contribution in [0.4, 0.5) is 0 Å². The van der Waals surface area contributed by atoms with Gasteiger partial charge in [-0.05, 0) is 74.3 Å². The van der Waals surface area contributed by atoms with E-state index in [-0.39, 0.29) is 11.3 Å². The molecule has 0 saturated heterocycles. The molecule has 1 aromatic carbocycles. The van der Waals surface area contributed by atoms with Crippen molar-refractivity contribution in [2.75, 3.05) is 0 Å². The van der Waals surface area contributed by atoms with Crippen molar-refractivity contribution in [2.24, 2.45) is 5.73 Å². The molecule has 0 aliphatic rings. The Morgan fingerprint density at radius 3 is 2.24 bits per heavy atom. The molecule has 3 nitrogen and oxygen atoms in total. The summed E-state index contributed by atoms with van der Waals surface area (Å²) in [6, 6.07) is 8.72. The van der Waals surface area contributed by atoms with Crippen molar-refractivity contribution in [3.8, 4) is 12.3 Å². The average molecular weight is 412 g/mol. The molecule has 2 rings (SSSR count). The van der Waals surface area contributed by atoms with Gasteiger partial charge in [-0.15, -0.1) is 17.8 Å². The van der Waals surface area contributed by atoms with Crippen LogP contribution in [0.2, 0.25) is 0 Å². The van der Waals surface area contributed by atoms with Crippen molar-refractivity contribution in [2.45, 2.75) is 77.7 Å². The number of carbonyl (C=O) groups is 1. The van der Waals surface area contributed by atoms with E-state index < -0.39 is 5.60 Å². The van der Waals surface area contributed by atoms with E-state index in [9.17, 15) is 9.90 Å². The highest BCUT2D eigenvalue weighted by Gasteiger charge is 2.34. The summed E-state index contributed by atoms with van der Waals surface area (Å²) in [6.07, 6.45) is 9.23. The number of aliphatic hydroxyl groups is 1. The fourth-order valence-corrected chi connectivity index (χ4v) is 5.46. The van der Waals surface area contributed by atoms with E-state index in [2.05, 4.69) is 51.0 Å². The molecule has 1 heterocycles. The van der Waals surface area contributed by atoms with Gasteiger partial charge >= 0.3 is 0 Å². The molecule has 0 saturated carbocycles. The van der Waals surface area contributed by atoms with Crippen LogP contribution >= 0.6 is 11.3 Å². The molecular weight excluding hydrogens is 378 g/mol. The van der Waals surface area contributed by atoms with Crippen molar-refractivity contribution < 1.29 is 9.90 Å². The van der Waals surface area contributed by atoms with E-state index in [1.165, 1.54) is 32.9 Å². The third kappa shape index (κ3) is 4.57. The minimum absolute atomic E-state index is 0.143. The Labute approximate surface area is 179 Å². The van der Waals surface area contributed by atoms with Crippen LogP contribution in [0.25, 0.3) is 0 Å². The molecule has 0 radical (unpaired) electrons. The normalized spacial score (nSPS) is 13.7. The number of nitrogens with two attached hydrogens (primary N) is 1. The number of carbonyl (C=O) groups excluding carboxylic acids is 1. The van der Waals surface area contributed by atoms with Gasteiger partial charge in [0.25, 0.3) is 5.91 Å². The lowest BCUT2D eigenvalue weighted by Gasteiger charge is -2.32. The molecule has 0 aliphatic carbocycles. The minimum Gasteiger partial charge on any atom is -0.378 e. The SMILES string of the molecule is C#CC(O)(CC)CCc1ccc(C(CC)(CC)c2cc(C)c(C(N)=O)s2)cc1C. The van der Waals surface area contributed by atoms with Crippen LogP contribution in [-0.2, 0) is 11.8 Å². The number of benzene rings is 1. The summed E-state index contributed by atoms with van der Waals surface area (Å²) in [5, 5.41) is 10.4. The van der Waals surface area contributed by atoms with Gasteiger partial charge in [0.15, 0.2) is 0 Å². The van der Waals surface area contributed by atoms with Crippen molar-refractivity contribution in [3.05, 3.63) is 56.3 Å². The summed E-state index contributed by atoms with van der Waals surface area (Å²) in [7, 11) is 0. The van der Waals surface area contributed by atoms with Crippen LogP contribution in [0, 0.1) is 26.2 Å². The maximum absolute atomic E-state index is 11.8. The quantitative estimate of drug-likeness (QED) is 0.552. The zero-order valence-corrected chi connectivity index (χ0v) is 19.1. The second-order valence-corrected chi connectivity index (χ2v) is 9.00. The highest BCUT2D eigenvalue weighted by atomic mass is 32.1. The molecule has 0 fully saturated rings. The summed E-state index contributed by atoms with van der Waals surface area (Å²) in [5.41, 5.74) is 8.99. The Morgan fingerprint density at radius 2 is 1.79 bits per heavy atom. The van der Waals surface area contributed by atoms with Crippen LogP contribution in [-0.4, -0.2) is 16.6 Å². The van der Waals surface area contributed by atoms with E-state index in [1.54, 1.807) is 0 Å². The first-order valence-corrected chi connectivity index (χ1v) is 11.2. The monoisotopic (exact) mass is 411 g/mol. The van der Waals surface area contributed by atoms with Crippen LogP contribution in [0.1, 0.15) is 83.3 Å². The lowest BCUT2D eigenvalue weighted by atomic mass is 9.73. The number of primary amides is 1. The van der Waals surface area contributed by atoms with Gasteiger partial charge in [-0.1, -0.05) is 44.9 Å². The molecule has 1 amide bonds. The molecule has 3 N–H and O–H groups in total. The topological polar surface area (TPSA) is 63.3 Å². The van der Waals surface area contributed by atoms with E-state index in [0.717, 1.165) is 24.8 Å². The Hall–Kier alpha value is -2.09. The maximum Gasteiger partial charge on any atom is 0.259 e. The van der Waals surface area contributed by atoms with Crippen LogP contribution < -0.4 is 5.73 Å². The van der Waals surface area contributed by atoms with Crippen LogP contribution in [0.3, 0.4) is 0 Å². The molecular formula is C25H33NO2S. The molecule has 0 bridgehead atoms. The Balaban J connectivity index is 2.42. The average Bonchev–Trinajstić information content (AvgIpc) is 3.10. The number of hydrogen-bond acceptors (Lipinski definition) is 3. The lowest BCUT2D eigenvalue weighted by molar-refractivity contribution is 0.0881. The summed E-state index contributed by atoms with van der Waals surface area (Å²) >= 11 is 1.52. The third-order valence-corrected chi connectivity index (χ3v) is 7.83. The van der Waals surface area contributed by atoms with E-state index in [4.69, 9.17) is 12.2 Å². The van der Waals surface area contributed by atoms with Gasteiger partial charge in [0.05, 0.1) is 4.88 Å². The summed E-state index contributed by atoms with van der Waals surface area (Å²) in [4.78, 5) is 13.6. The van der Waals surface area contributed by atoms with E-state index in [1.807, 2.05) is 13.8 Å². The fourth-order valence-electron chi connectivity index (χ4n) is 4.08. The fraction of sp³-hybridized carbons (Fsp3) is 0.480. The highest BCUT2D eigenvalue weighted by molar-refractivity contribution is 7.14. The standard InChI is InChI=1S/C25H33NO2S/c1-7-24(28,8-2)14-13-19-11-12-20(15-17(19)5)25(9-3,10-4)21-16-18(6)22(29-21)23(26)27/h1,11-12,15-16,28H,8-10,13-14H2,2-6H3,(H2,26,27). The third-order valence-electron chi connectivity index (χ3n) is 6.38. The molecule has 0 aliphatic heterocycles. The van der Waals surface area contributed by atoms with Crippen molar-refractivity contribution in [3.63, 3.8) is 0 Å². The minimum atomic E-state index is -1.04. The predicted octanol–water partition coefficient (Wildman–Crippen LogP) is 5.28. The van der Waals surface area contributed by atoms with Crippen LogP contribution in [0.15, 0.2) is 24.3 Å². The number of thiophene rings is 1. The van der Waals surface area contributed by atoms with E-state index >= 15 is 0 Å². The van der Waals surface area contributed by atoms with Gasteiger partial charge in [0.1, 0.15) is 5.60 Å². The Bertz CT molecular complexity index is 917. The van der Waals surface area contributed by atoms with Gasteiger partial charge in [-0.3, -0.25) is 4.79 Å². The highest BCUT2D eigenvalue weighted by Crippen LogP contribution is 2.43. The number of hydrogen-bond donors (Lipinski definition) is 2. The molecule has 0 spiro atoms. The van der Waals surface area contributed by atoms with Crippen molar-refractivity contribution in [1.82, 2.24) is 0 Å². The van der Waals surface area contributed by atoms with Crippen molar-refractivity contribution in [1.29, 1.82) is 0 Å². The largest absolute Gasteiger partial charge is 0.378 e. The predicted molar refractivity (Wildman–Crippen MR) is 123 cm³/mol. The first-order valence-electron chi connectivity index (χ1n) is 10.4. The maximum atomic E-state index is 11.8. The molecule has 1 aromatic heterocycles. The molecule has 156 valence electrons. The number of rotatable bonds is 9. The van der Waals surface area contributed by atoms with Crippen LogP contribution in [0.5, 0.6) is 0 Å². The molecule has 1 unspecified atom stereocenters. The molecule has 4 heteroatoms. The molecule has 29 heavy (non-hydrogen) atoms. The van der Waals surface area contributed by atoms with E-state index in [0.29, 0.717) is 17.7 Å². The lowest BCUT2D eigenvalue weighted by Crippen LogP contribution is -2.26. The van der Waals surface area contributed by atoms with Gasteiger partial charge in [-0.2, -0.15) is 0 Å². The summed E-state index contributed by atoms with van der Waals surface area (Å²) in [5.74, 6) is 2.17. The molecule has 2 aromatic rings. The summed E-state index contributed by atoms with van der Waals surface area (Å²) in [6.45, 7) is 10.4. The van der Waals surface area contributed by atoms with Gasteiger partial charge in [0, 0.05) is 10.3 Å². The van der Waals surface area contributed by atoms with Gasteiger partial charge in [-0.25, -0.2) is 0 Å². The second kappa shape index (κ2) is 9.15. The second-order valence-electron chi connectivity index (χ2n) is 7.95. The molecule has 1 atom stereocenters.